The first-order valence-corrected chi connectivity index (χ1v) is 16.2. The molecule has 4 aliphatic rings. The Morgan fingerprint density at radius 1 is 1.14 bits per heavy atom. The fraction of sp³-hybridized carbons (Fsp3) is 0.424. The monoisotopic (exact) mass is 708 g/mol. The molecule has 8 nitrogen and oxygen atoms in total. The molecule has 2 bridgehead atoms. The van der Waals surface area contributed by atoms with Crippen molar-refractivity contribution >= 4 is 50.2 Å². The Morgan fingerprint density at radius 3 is 2.75 bits per heavy atom. The number of benzene rings is 2. The number of terminal acetylenes is 1. The lowest BCUT2D eigenvalue weighted by atomic mass is 9.94. The van der Waals surface area contributed by atoms with Crippen LogP contribution in [0.5, 0.6) is 11.8 Å². The average Bonchev–Trinajstić information content (AvgIpc) is 3.66. The van der Waals surface area contributed by atoms with E-state index in [9.17, 15) is 13.9 Å². The van der Waals surface area contributed by atoms with Crippen LogP contribution in [0, 0.1) is 21.7 Å². The highest BCUT2D eigenvalue weighted by Gasteiger charge is 2.49. The molecule has 226 valence electrons. The third-order valence-corrected chi connectivity index (χ3v) is 10.9. The summed E-state index contributed by atoms with van der Waals surface area (Å²) in [5.74, 6) is 2.73. The summed E-state index contributed by atoms with van der Waals surface area (Å²) in [6.07, 6.45) is 11.2. The number of aromatic nitrogens is 3. The fourth-order valence-electron chi connectivity index (χ4n) is 7.88. The van der Waals surface area contributed by atoms with Gasteiger partial charge in [0.05, 0.1) is 14.7 Å². The van der Waals surface area contributed by atoms with Crippen molar-refractivity contribution in [2.45, 2.75) is 55.9 Å². The number of nitrogens with zero attached hydrogens (tertiary/aromatic N) is 5. The molecule has 8 rings (SSSR count). The number of hydrogen-bond acceptors (Lipinski definition) is 8. The summed E-state index contributed by atoms with van der Waals surface area (Å²) in [6.45, 7) is 3.23. The van der Waals surface area contributed by atoms with Crippen molar-refractivity contribution in [3.8, 4) is 35.2 Å². The molecular weight excluding hydrogens is 677 g/mol. The zero-order valence-electron chi connectivity index (χ0n) is 24.0. The third-order valence-electron chi connectivity index (χ3n) is 9.85. The molecule has 4 aromatic rings. The van der Waals surface area contributed by atoms with Gasteiger partial charge in [0.2, 0.25) is 0 Å². The minimum absolute atomic E-state index is 0.0322. The number of aromatic hydroxyl groups is 1. The molecule has 0 amide bonds. The highest BCUT2D eigenvalue weighted by molar-refractivity contribution is 14.1. The van der Waals surface area contributed by atoms with Crippen LogP contribution in [0.15, 0.2) is 30.5 Å². The molecular formula is C33H31F2IN6O2. The molecule has 44 heavy (non-hydrogen) atoms. The van der Waals surface area contributed by atoms with Gasteiger partial charge in [-0.3, -0.25) is 4.90 Å². The van der Waals surface area contributed by atoms with Gasteiger partial charge in [-0.1, -0.05) is 12.0 Å². The number of rotatable bonds is 5. The Hall–Kier alpha value is -3.34. The van der Waals surface area contributed by atoms with Gasteiger partial charge in [0.1, 0.15) is 35.4 Å². The molecule has 4 aliphatic heterocycles. The SMILES string of the molecule is C#Cc1c(F)ccc2cc(O)cc(-c3cnc4c(N5CC6CCC(C5)N6)nc(OC[C@@]56CCCN5C[C@H](F)C6)nc4c3I)c12. The Bertz CT molecular complexity index is 1850. The van der Waals surface area contributed by atoms with Crippen LogP contribution < -0.4 is 15.0 Å². The topological polar surface area (TPSA) is 86.6 Å². The maximum Gasteiger partial charge on any atom is 0.319 e. The number of anilines is 1. The number of alkyl halides is 1. The quantitative estimate of drug-likeness (QED) is 0.217. The number of phenols is 1. The van der Waals surface area contributed by atoms with Crippen LogP contribution in [0.4, 0.5) is 14.6 Å². The fourth-order valence-corrected chi connectivity index (χ4v) is 8.68. The van der Waals surface area contributed by atoms with Crippen LogP contribution in [-0.4, -0.2) is 81.5 Å². The summed E-state index contributed by atoms with van der Waals surface area (Å²) < 4.78 is 36.5. The lowest BCUT2D eigenvalue weighted by Crippen LogP contribution is -2.51. The summed E-state index contributed by atoms with van der Waals surface area (Å²) in [5, 5.41) is 15.5. The summed E-state index contributed by atoms with van der Waals surface area (Å²) in [5.41, 5.74) is 2.25. The molecule has 0 saturated carbocycles. The molecule has 6 heterocycles. The number of nitrogens with one attached hydrogen (secondary N) is 1. The van der Waals surface area contributed by atoms with Gasteiger partial charge in [0.25, 0.3) is 0 Å². The molecule has 2 unspecified atom stereocenters. The van der Waals surface area contributed by atoms with E-state index in [1.54, 1.807) is 24.4 Å². The van der Waals surface area contributed by atoms with Crippen LogP contribution >= 0.6 is 22.6 Å². The Morgan fingerprint density at radius 2 is 1.95 bits per heavy atom. The normalized spacial score (nSPS) is 26.4. The van der Waals surface area contributed by atoms with Crippen molar-refractivity contribution in [3.63, 3.8) is 0 Å². The van der Waals surface area contributed by atoms with Crippen molar-refractivity contribution < 1.29 is 18.6 Å². The molecule has 0 radical (unpaired) electrons. The number of fused-ring (bicyclic) bond motifs is 5. The van der Waals surface area contributed by atoms with Gasteiger partial charge in [-0.15, -0.1) is 6.42 Å². The smallest absolute Gasteiger partial charge is 0.319 e. The highest BCUT2D eigenvalue weighted by atomic mass is 127. The summed E-state index contributed by atoms with van der Waals surface area (Å²) >= 11 is 2.23. The molecule has 4 atom stereocenters. The van der Waals surface area contributed by atoms with E-state index < -0.39 is 12.0 Å². The molecule has 0 spiro atoms. The standard InChI is InChI=1S/C33H31F2IN6O2/c1-2-23-26(35)7-4-18-10-22(43)11-24(27(18)23)25-13-37-30-29(28(25)36)39-32(40-31(30)41-15-20-5-6-21(16-41)38-20)44-17-33-8-3-9-42(33)14-19(34)12-33/h1,4,7,10-11,13,19-21,38,43H,3,5-6,8-9,12,14-17H2/t19-,20?,21?,33+/m1/s1. The van der Waals surface area contributed by atoms with E-state index in [0.29, 0.717) is 70.4 Å². The summed E-state index contributed by atoms with van der Waals surface area (Å²) in [6, 6.07) is 7.07. The van der Waals surface area contributed by atoms with Gasteiger partial charge in [0.15, 0.2) is 5.82 Å². The van der Waals surface area contributed by atoms with Gasteiger partial charge in [-0.2, -0.15) is 9.97 Å². The molecule has 4 saturated heterocycles. The first-order valence-electron chi connectivity index (χ1n) is 15.1. The van der Waals surface area contributed by atoms with Gasteiger partial charge in [-0.25, -0.2) is 13.8 Å². The molecule has 11 heteroatoms. The number of ether oxygens (including phenoxy) is 1. The summed E-state index contributed by atoms with van der Waals surface area (Å²) in [7, 11) is 0. The van der Waals surface area contributed by atoms with Crippen LogP contribution in [-0.2, 0) is 0 Å². The first kappa shape index (κ1) is 28.2. The number of piperazine rings is 1. The maximum absolute atomic E-state index is 14.9. The summed E-state index contributed by atoms with van der Waals surface area (Å²) in [4.78, 5) is 19.2. The van der Waals surface area contributed by atoms with Crippen molar-refractivity contribution in [1.29, 1.82) is 0 Å². The van der Waals surface area contributed by atoms with Crippen LogP contribution in [0.3, 0.4) is 0 Å². The number of halogens is 3. The Labute approximate surface area is 267 Å². The van der Waals surface area contributed by atoms with Crippen LogP contribution in [0.2, 0.25) is 0 Å². The van der Waals surface area contributed by atoms with Gasteiger partial charge >= 0.3 is 6.01 Å². The Balaban J connectivity index is 1.28. The van der Waals surface area contributed by atoms with E-state index in [-0.39, 0.29) is 22.9 Å². The Kier molecular flexibility index (Phi) is 6.80. The van der Waals surface area contributed by atoms with Crippen molar-refractivity contribution in [3.05, 3.63) is 45.4 Å². The van der Waals surface area contributed by atoms with Crippen LogP contribution in [0.25, 0.3) is 32.9 Å². The van der Waals surface area contributed by atoms with Gasteiger partial charge < -0.3 is 20.1 Å². The number of pyridine rings is 1. The predicted molar refractivity (Wildman–Crippen MR) is 173 cm³/mol. The maximum atomic E-state index is 14.9. The first-order chi connectivity index (χ1) is 21.3. The molecule has 0 aliphatic carbocycles. The second-order valence-corrected chi connectivity index (χ2v) is 13.7. The molecule has 2 aromatic carbocycles. The lowest BCUT2D eigenvalue weighted by molar-refractivity contribution is 0.107. The largest absolute Gasteiger partial charge is 0.508 e. The van der Waals surface area contributed by atoms with Gasteiger partial charge in [0, 0.05) is 55.3 Å². The molecule has 2 N–H and O–H groups in total. The van der Waals surface area contributed by atoms with Crippen molar-refractivity contribution in [2.24, 2.45) is 0 Å². The zero-order chi connectivity index (χ0) is 30.2. The van der Waals surface area contributed by atoms with E-state index >= 15 is 0 Å². The van der Waals surface area contributed by atoms with E-state index in [2.05, 4.69) is 43.6 Å². The van der Waals surface area contributed by atoms with Gasteiger partial charge in [-0.05, 0) is 84.0 Å². The predicted octanol–water partition coefficient (Wildman–Crippen LogP) is 5.17. The average molecular weight is 709 g/mol. The van der Waals surface area contributed by atoms with Crippen molar-refractivity contribution in [1.82, 2.24) is 25.2 Å². The molecule has 2 aromatic heterocycles. The minimum atomic E-state index is -0.856. The lowest BCUT2D eigenvalue weighted by Gasteiger charge is -2.34. The zero-order valence-corrected chi connectivity index (χ0v) is 26.2. The van der Waals surface area contributed by atoms with E-state index in [4.69, 9.17) is 26.1 Å². The van der Waals surface area contributed by atoms with Crippen LogP contribution in [0.1, 0.15) is 37.7 Å². The third kappa shape index (κ3) is 4.56. The van der Waals surface area contributed by atoms with E-state index in [1.807, 2.05) is 0 Å². The second-order valence-electron chi connectivity index (χ2n) is 12.6. The van der Waals surface area contributed by atoms with E-state index in [0.717, 1.165) is 48.9 Å². The minimum Gasteiger partial charge on any atom is -0.508 e. The molecule has 4 fully saturated rings. The second kappa shape index (κ2) is 10.6. The highest BCUT2D eigenvalue weighted by Crippen LogP contribution is 2.42. The number of phenolic OH excluding ortho intramolecular Hbond substituents is 1. The van der Waals surface area contributed by atoms with Crippen molar-refractivity contribution in [2.75, 3.05) is 37.7 Å². The van der Waals surface area contributed by atoms with E-state index in [1.165, 1.54) is 6.07 Å². The number of hydrogen-bond donors (Lipinski definition) is 2.